The number of rotatable bonds is 1. The fourth-order valence-corrected chi connectivity index (χ4v) is 1.60. The van der Waals surface area contributed by atoms with E-state index in [1.54, 1.807) is 0 Å². The molecule has 1 atom stereocenters. The molecule has 2 heteroatoms. The van der Waals surface area contributed by atoms with Crippen LogP contribution in [0.3, 0.4) is 0 Å². The van der Waals surface area contributed by atoms with Gasteiger partial charge in [0.2, 0.25) is 0 Å². The molecule has 13 heavy (non-hydrogen) atoms. The summed E-state index contributed by atoms with van der Waals surface area (Å²) in [5.41, 5.74) is 3.17. The van der Waals surface area contributed by atoms with Crippen LogP contribution in [0.1, 0.15) is 29.2 Å². The molecule has 0 amide bonds. The Morgan fingerprint density at radius 1 is 1.54 bits per heavy atom. The van der Waals surface area contributed by atoms with Gasteiger partial charge in [-0.3, -0.25) is 0 Å². The molecule has 1 fully saturated rings. The van der Waals surface area contributed by atoms with Gasteiger partial charge in [-0.1, -0.05) is 12.1 Å². The van der Waals surface area contributed by atoms with E-state index in [-0.39, 0.29) is 0 Å². The number of nitrogens with one attached hydrogen (secondary N) is 1. The number of nitrogens with zero attached hydrogens (tertiary/aromatic N) is 1. The number of aryl methyl sites for hydroxylation is 1. The molecule has 1 unspecified atom stereocenters. The maximum absolute atomic E-state index is 8.75. The van der Waals surface area contributed by atoms with Gasteiger partial charge in [-0.05, 0) is 37.1 Å². The van der Waals surface area contributed by atoms with Crippen LogP contribution in [0, 0.1) is 18.3 Å². The molecule has 2 rings (SSSR count). The van der Waals surface area contributed by atoms with Gasteiger partial charge >= 0.3 is 0 Å². The Morgan fingerprint density at radius 2 is 2.31 bits per heavy atom. The first-order chi connectivity index (χ1) is 6.31. The lowest BCUT2D eigenvalue weighted by Gasteiger charge is -2.28. The topological polar surface area (TPSA) is 35.8 Å². The lowest BCUT2D eigenvalue weighted by Crippen LogP contribution is -2.34. The Bertz CT molecular complexity index is 359. The normalized spacial score (nSPS) is 20.5. The fourth-order valence-electron chi connectivity index (χ4n) is 1.60. The Morgan fingerprint density at radius 3 is 2.77 bits per heavy atom. The van der Waals surface area contributed by atoms with E-state index in [1.165, 1.54) is 12.0 Å². The molecule has 2 nitrogen and oxygen atoms in total. The van der Waals surface area contributed by atoms with Crippen LogP contribution in [0.4, 0.5) is 0 Å². The second-order valence-corrected chi connectivity index (χ2v) is 3.48. The van der Waals surface area contributed by atoms with Crippen LogP contribution in [0.5, 0.6) is 0 Å². The summed E-state index contributed by atoms with van der Waals surface area (Å²) in [5, 5.41) is 12.1. The third-order valence-electron chi connectivity index (χ3n) is 2.60. The van der Waals surface area contributed by atoms with Crippen molar-refractivity contribution in [3.8, 4) is 6.07 Å². The molecule has 0 spiro atoms. The maximum Gasteiger partial charge on any atom is 0.0994 e. The lowest BCUT2D eigenvalue weighted by atomic mass is 9.95. The number of hydrogen-bond donors (Lipinski definition) is 1. The van der Waals surface area contributed by atoms with E-state index in [9.17, 15) is 0 Å². The van der Waals surface area contributed by atoms with Gasteiger partial charge in [0.15, 0.2) is 0 Å². The Labute approximate surface area is 78.2 Å². The first-order valence-electron chi connectivity index (χ1n) is 4.55. The van der Waals surface area contributed by atoms with Crippen LogP contribution in [0.15, 0.2) is 18.2 Å². The Hall–Kier alpha value is -1.33. The van der Waals surface area contributed by atoms with E-state index >= 15 is 0 Å². The lowest BCUT2D eigenvalue weighted by molar-refractivity contribution is 0.383. The Balaban J connectivity index is 2.30. The summed E-state index contributed by atoms with van der Waals surface area (Å²) >= 11 is 0. The summed E-state index contributed by atoms with van der Waals surface area (Å²) in [6.07, 6.45) is 1.21. The summed E-state index contributed by atoms with van der Waals surface area (Å²) in [4.78, 5) is 0. The van der Waals surface area contributed by atoms with Crippen LogP contribution in [0.2, 0.25) is 0 Å². The Kier molecular flexibility index (Phi) is 2.03. The maximum atomic E-state index is 8.75. The summed E-state index contributed by atoms with van der Waals surface area (Å²) in [6, 6.07) is 8.75. The quantitative estimate of drug-likeness (QED) is 0.702. The average Bonchev–Trinajstić information content (AvgIpc) is 2.01. The SMILES string of the molecule is Cc1cc(C2CCN2)ccc1C#N. The largest absolute Gasteiger partial charge is 0.310 e. The van der Waals surface area contributed by atoms with E-state index in [1.807, 2.05) is 19.1 Å². The highest BCUT2D eigenvalue weighted by molar-refractivity contribution is 5.40. The highest BCUT2D eigenvalue weighted by Gasteiger charge is 2.18. The minimum absolute atomic E-state index is 0.520. The van der Waals surface area contributed by atoms with E-state index in [0.29, 0.717) is 6.04 Å². The van der Waals surface area contributed by atoms with Gasteiger partial charge in [0.05, 0.1) is 11.6 Å². The number of hydrogen-bond acceptors (Lipinski definition) is 2. The second-order valence-electron chi connectivity index (χ2n) is 3.48. The van der Waals surface area contributed by atoms with Crippen molar-refractivity contribution < 1.29 is 0 Å². The second kappa shape index (κ2) is 3.20. The first kappa shape index (κ1) is 8.28. The summed E-state index contributed by atoms with van der Waals surface area (Å²) in [7, 11) is 0. The molecule has 0 aliphatic carbocycles. The predicted octanol–water partition coefficient (Wildman–Crippen LogP) is 1.90. The van der Waals surface area contributed by atoms with Gasteiger partial charge in [-0.15, -0.1) is 0 Å². The van der Waals surface area contributed by atoms with Crippen molar-refractivity contribution in [3.63, 3.8) is 0 Å². The predicted molar refractivity (Wildman–Crippen MR) is 51.3 cm³/mol. The van der Waals surface area contributed by atoms with Crippen molar-refractivity contribution in [2.75, 3.05) is 6.54 Å². The summed E-state index contributed by atoms with van der Waals surface area (Å²) < 4.78 is 0. The van der Waals surface area contributed by atoms with Gasteiger partial charge in [0, 0.05) is 6.04 Å². The summed E-state index contributed by atoms with van der Waals surface area (Å²) in [6.45, 7) is 3.10. The van der Waals surface area contributed by atoms with Gasteiger partial charge in [-0.2, -0.15) is 5.26 Å². The molecular weight excluding hydrogens is 160 g/mol. The van der Waals surface area contributed by atoms with Gasteiger partial charge < -0.3 is 5.32 Å². The van der Waals surface area contributed by atoms with Crippen LogP contribution in [-0.4, -0.2) is 6.54 Å². The molecule has 1 heterocycles. The van der Waals surface area contributed by atoms with Crippen LogP contribution >= 0.6 is 0 Å². The third-order valence-corrected chi connectivity index (χ3v) is 2.60. The van der Waals surface area contributed by atoms with Crippen LogP contribution in [0.25, 0.3) is 0 Å². The molecule has 1 saturated heterocycles. The monoisotopic (exact) mass is 172 g/mol. The molecular formula is C11H12N2. The zero-order valence-electron chi connectivity index (χ0n) is 7.67. The first-order valence-corrected chi connectivity index (χ1v) is 4.55. The molecule has 1 aliphatic heterocycles. The zero-order valence-corrected chi connectivity index (χ0v) is 7.67. The third kappa shape index (κ3) is 1.43. The van der Waals surface area contributed by atoms with Crippen molar-refractivity contribution in [2.24, 2.45) is 0 Å². The molecule has 0 aromatic heterocycles. The smallest absolute Gasteiger partial charge is 0.0994 e. The van der Waals surface area contributed by atoms with E-state index in [4.69, 9.17) is 5.26 Å². The number of nitriles is 1. The van der Waals surface area contributed by atoms with Crippen molar-refractivity contribution >= 4 is 0 Å². The van der Waals surface area contributed by atoms with Crippen LogP contribution < -0.4 is 5.32 Å². The van der Waals surface area contributed by atoms with Gasteiger partial charge in [0.1, 0.15) is 0 Å². The van der Waals surface area contributed by atoms with Crippen molar-refractivity contribution in [1.29, 1.82) is 5.26 Å². The molecule has 66 valence electrons. The van der Waals surface area contributed by atoms with Gasteiger partial charge in [0.25, 0.3) is 0 Å². The molecule has 1 aliphatic rings. The van der Waals surface area contributed by atoms with Crippen LogP contribution in [-0.2, 0) is 0 Å². The minimum Gasteiger partial charge on any atom is -0.310 e. The fraction of sp³-hybridized carbons (Fsp3) is 0.364. The number of benzene rings is 1. The van der Waals surface area contributed by atoms with E-state index in [0.717, 1.165) is 17.7 Å². The van der Waals surface area contributed by atoms with Crippen molar-refractivity contribution in [3.05, 3.63) is 34.9 Å². The molecule has 1 aromatic carbocycles. The molecule has 1 aromatic rings. The van der Waals surface area contributed by atoms with E-state index in [2.05, 4.69) is 17.5 Å². The highest BCUT2D eigenvalue weighted by atomic mass is 15.0. The molecule has 0 bridgehead atoms. The average molecular weight is 172 g/mol. The molecule has 1 N–H and O–H groups in total. The van der Waals surface area contributed by atoms with Crippen molar-refractivity contribution in [1.82, 2.24) is 5.32 Å². The minimum atomic E-state index is 0.520. The van der Waals surface area contributed by atoms with E-state index < -0.39 is 0 Å². The zero-order chi connectivity index (χ0) is 9.26. The summed E-state index contributed by atoms with van der Waals surface area (Å²) in [5.74, 6) is 0. The molecule has 0 saturated carbocycles. The van der Waals surface area contributed by atoms with Gasteiger partial charge in [-0.25, -0.2) is 0 Å². The standard InChI is InChI=1S/C11H12N2/c1-8-6-9(11-4-5-13-11)2-3-10(8)7-12/h2-3,6,11,13H,4-5H2,1H3. The molecule has 0 radical (unpaired) electrons. The highest BCUT2D eigenvalue weighted by Crippen LogP contribution is 2.24. The van der Waals surface area contributed by atoms with Crippen molar-refractivity contribution in [2.45, 2.75) is 19.4 Å².